The van der Waals surface area contributed by atoms with Crippen molar-refractivity contribution in [3.8, 4) is 0 Å². The van der Waals surface area contributed by atoms with Gasteiger partial charge in [0.25, 0.3) is 0 Å². The molecule has 0 aliphatic rings. The summed E-state index contributed by atoms with van der Waals surface area (Å²) >= 11 is 0. The van der Waals surface area contributed by atoms with Crippen LogP contribution in [0.3, 0.4) is 0 Å². The van der Waals surface area contributed by atoms with Crippen LogP contribution < -0.4 is 0 Å². The van der Waals surface area contributed by atoms with Crippen LogP contribution in [0.2, 0.25) is 0 Å². The molecule has 0 spiro atoms. The van der Waals surface area contributed by atoms with Crippen LogP contribution in [-0.2, 0) is 11.2 Å². The first-order valence-electron chi connectivity index (χ1n) is 10.2. The Morgan fingerprint density at radius 1 is 1.11 bits per heavy atom. The van der Waals surface area contributed by atoms with E-state index in [1.165, 1.54) is 17.5 Å². The molecule has 2 nitrogen and oxygen atoms in total. The van der Waals surface area contributed by atoms with Crippen LogP contribution in [-0.4, -0.2) is 18.5 Å². The summed E-state index contributed by atoms with van der Waals surface area (Å²) in [6, 6.07) is 8.57. The molecule has 0 amide bonds. The lowest BCUT2D eigenvalue weighted by Gasteiger charge is -2.25. The number of allylic oxidation sites excluding steroid dienone is 3. The van der Waals surface area contributed by atoms with Gasteiger partial charge in [0.2, 0.25) is 0 Å². The highest BCUT2D eigenvalue weighted by Crippen LogP contribution is 2.26. The van der Waals surface area contributed by atoms with Crippen molar-refractivity contribution in [3.05, 3.63) is 54.1 Å². The summed E-state index contributed by atoms with van der Waals surface area (Å²) in [5.74, 6) is 0.501. The maximum absolute atomic E-state index is 12.1. The first kappa shape index (κ1) is 25.0. The smallest absolute Gasteiger partial charge is 0.133 e. The zero-order valence-corrected chi connectivity index (χ0v) is 18.5. The molecular formula is C25H39NO. The number of hydrogen-bond donors (Lipinski definition) is 0. The van der Waals surface area contributed by atoms with Crippen molar-refractivity contribution in [2.75, 3.05) is 7.05 Å². The maximum atomic E-state index is 12.1. The van der Waals surface area contributed by atoms with E-state index < -0.39 is 0 Å². The van der Waals surface area contributed by atoms with Crippen molar-refractivity contribution >= 4 is 17.1 Å². The predicted molar refractivity (Wildman–Crippen MR) is 122 cm³/mol. The standard InChI is InChI=1S/C22H31NO.C3H8/c1-7-10-21(17(5)24)22(16(4)23-6)15-18-11-13-20(14-12-18)19(8-2)9-3;1-3-2/h8-9,11-14,21-22H,2,7,10,15H2,1,3-6H3;3H2,1-2H3/b19-9+,23-16?;/t21-,22-;/m1./s1. The summed E-state index contributed by atoms with van der Waals surface area (Å²) in [5.41, 5.74) is 4.61. The molecule has 1 aromatic carbocycles. The molecule has 0 saturated carbocycles. The summed E-state index contributed by atoms with van der Waals surface area (Å²) < 4.78 is 0. The number of ketones is 1. The van der Waals surface area contributed by atoms with E-state index in [0.717, 1.165) is 30.5 Å². The van der Waals surface area contributed by atoms with Crippen molar-refractivity contribution in [1.29, 1.82) is 0 Å². The molecule has 0 bridgehead atoms. The number of Topliss-reactive ketones (excluding diaryl/α,β-unsaturated/α-hetero) is 1. The topological polar surface area (TPSA) is 29.4 Å². The average molecular weight is 370 g/mol. The van der Waals surface area contributed by atoms with Gasteiger partial charge in [0.15, 0.2) is 0 Å². The van der Waals surface area contributed by atoms with Gasteiger partial charge in [-0.15, -0.1) is 0 Å². The quantitative estimate of drug-likeness (QED) is 0.342. The van der Waals surface area contributed by atoms with Gasteiger partial charge in [-0.1, -0.05) is 76.6 Å². The van der Waals surface area contributed by atoms with Gasteiger partial charge in [0.05, 0.1) is 0 Å². The Morgan fingerprint density at radius 2 is 1.67 bits per heavy atom. The fraction of sp³-hybridized carbons (Fsp3) is 0.520. The zero-order chi connectivity index (χ0) is 20.8. The molecular weight excluding hydrogens is 330 g/mol. The molecule has 2 heteroatoms. The second-order valence-corrected chi connectivity index (χ2v) is 7.03. The van der Waals surface area contributed by atoms with Crippen LogP contribution in [0.4, 0.5) is 0 Å². The van der Waals surface area contributed by atoms with Gasteiger partial charge in [0, 0.05) is 24.6 Å². The normalized spacial score (nSPS) is 14.0. The predicted octanol–water partition coefficient (Wildman–Crippen LogP) is 6.95. The molecule has 0 unspecified atom stereocenters. The minimum absolute atomic E-state index is 0.0534. The number of rotatable bonds is 9. The molecule has 0 radical (unpaired) electrons. The van der Waals surface area contributed by atoms with Crippen LogP contribution in [0.25, 0.3) is 5.57 Å². The van der Waals surface area contributed by atoms with E-state index in [0.29, 0.717) is 0 Å². The lowest BCUT2D eigenvalue weighted by molar-refractivity contribution is -0.121. The number of hydrogen-bond acceptors (Lipinski definition) is 2. The monoisotopic (exact) mass is 369 g/mol. The molecule has 1 rings (SSSR count). The third kappa shape index (κ3) is 8.51. The minimum atomic E-state index is 0.0534. The molecule has 0 heterocycles. The third-order valence-corrected chi connectivity index (χ3v) is 4.77. The van der Waals surface area contributed by atoms with Gasteiger partial charge in [-0.2, -0.15) is 0 Å². The van der Waals surface area contributed by atoms with E-state index in [9.17, 15) is 4.79 Å². The lowest BCUT2D eigenvalue weighted by atomic mass is 9.79. The minimum Gasteiger partial charge on any atom is -0.300 e. The molecule has 0 saturated heterocycles. The largest absolute Gasteiger partial charge is 0.300 e. The van der Waals surface area contributed by atoms with E-state index in [-0.39, 0.29) is 17.6 Å². The average Bonchev–Trinajstić information content (AvgIpc) is 2.66. The fourth-order valence-corrected chi connectivity index (χ4v) is 3.24. The fourth-order valence-electron chi connectivity index (χ4n) is 3.24. The van der Waals surface area contributed by atoms with Gasteiger partial charge in [-0.05, 0) is 50.3 Å². The van der Waals surface area contributed by atoms with Gasteiger partial charge in [0.1, 0.15) is 5.78 Å². The van der Waals surface area contributed by atoms with E-state index in [4.69, 9.17) is 0 Å². The Bertz CT molecular complexity index is 622. The van der Waals surface area contributed by atoms with E-state index in [2.05, 4.69) is 62.7 Å². The molecule has 0 fully saturated rings. The van der Waals surface area contributed by atoms with Gasteiger partial charge < -0.3 is 0 Å². The molecule has 1 aromatic rings. The molecule has 2 atom stereocenters. The van der Waals surface area contributed by atoms with Gasteiger partial charge in [-0.25, -0.2) is 0 Å². The molecule has 0 N–H and O–H groups in total. The van der Waals surface area contributed by atoms with E-state index >= 15 is 0 Å². The van der Waals surface area contributed by atoms with E-state index in [1.54, 1.807) is 6.92 Å². The van der Waals surface area contributed by atoms with Crippen LogP contribution >= 0.6 is 0 Å². The Kier molecular flexibility index (Phi) is 13.1. The van der Waals surface area contributed by atoms with Gasteiger partial charge in [-0.3, -0.25) is 9.79 Å². The summed E-state index contributed by atoms with van der Waals surface area (Å²) in [5, 5.41) is 0. The Balaban J connectivity index is 0.00000210. The van der Waals surface area contributed by atoms with Crippen LogP contribution in [0.1, 0.15) is 71.9 Å². The van der Waals surface area contributed by atoms with Crippen molar-refractivity contribution in [2.24, 2.45) is 16.8 Å². The second-order valence-electron chi connectivity index (χ2n) is 7.03. The highest BCUT2D eigenvalue weighted by molar-refractivity contribution is 5.90. The first-order chi connectivity index (χ1) is 12.9. The molecule has 150 valence electrons. The Morgan fingerprint density at radius 3 is 2.04 bits per heavy atom. The maximum Gasteiger partial charge on any atom is 0.133 e. The van der Waals surface area contributed by atoms with E-state index in [1.807, 2.05) is 27.0 Å². The van der Waals surface area contributed by atoms with Crippen LogP contribution in [0.5, 0.6) is 0 Å². The highest BCUT2D eigenvalue weighted by Gasteiger charge is 2.27. The highest BCUT2D eigenvalue weighted by atomic mass is 16.1. The van der Waals surface area contributed by atoms with Crippen molar-refractivity contribution in [2.45, 2.75) is 67.2 Å². The van der Waals surface area contributed by atoms with Crippen LogP contribution in [0, 0.1) is 11.8 Å². The SMILES string of the molecule is C=C/C(=C\C)c1ccc(C[C@H](C(C)=NC)[C@H](CCC)C(C)=O)cc1.CCC. The first-order valence-corrected chi connectivity index (χ1v) is 10.2. The molecule has 0 aliphatic carbocycles. The Hall–Kier alpha value is -1.96. The van der Waals surface area contributed by atoms with Crippen molar-refractivity contribution < 1.29 is 4.79 Å². The number of carbonyl (C=O) groups is 1. The Labute approximate surface area is 167 Å². The molecule has 0 aliphatic heterocycles. The summed E-state index contributed by atoms with van der Waals surface area (Å²) in [6.07, 6.45) is 7.97. The number of carbonyl (C=O) groups excluding carboxylic acids is 1. The lowest BCUT2D eigenvalue weighted by Crippen LogP contribution is -2.29. The molecule has 27 heavy (non-hydrogen) atoms. The number of aliphatic imine (C=N–C) groups is 1. The third-order valence-electron chi connectivity index (χ3n) is 4.77. The summed E-state index contributed by atoms with van der Waals surface area (Å²) in [6.45, 7) is 16.0. The van der Waals surface area contributed by atoms with Crippen LogP contribution in [0.15, 0.2) is 48.0 Å². The summed E-state index contributed by atoms with van der Waals surface area (Å²) in [4.78, 5) is 16.5. The van der Waals surface area contributed by atoms with Gasteiger partial charge >= 0.3 is 0 Å². The zero-order valence-electron chi connectivity index (χ0n) is 18.5. The number of benzene rings is 1. The summed E-state index contributed by atoms with van der Waals surface area (Å²) in [7, 11) is 1.82. The second kappa shape index (κ2) is 14.1. The van der Waals surface area contributed by atoms with Crippen molar-refractivity contribution in [3.63, 3.8) is 0 Å². The van der Waals surface area contributed by atoms with Crippen molar-refractivity contribution in [1.82, 2.24) is 0 Å². The number of nitrogens with zero attached hydrogens (tertiary/aromatic N) is 1. The molecule has 0 aromatic heterocycles.